The molecule has 19 heavy (non-hydrogen) atoms. The molecule has 1 aromatic heterocycles. The lowest BCUT2D eigenvalue weighted by Crippen LogP contribution is -2.19. The van der Waals surface area contributed by atoms with Crippen LogP contribution in [0.2, 0.25) is 0 Å². The van der Waals surface area contributed by atoms with Crippen molar-refractivity contribution in [3.8, 4) is 5.75 Å². The van der Waals surface area contributed by atoms with Crippen molar-refractivity contribution in [3.05, 3.63) is 6.33 Å². The molecule has 0 amide bonds. The van der Waals surface area contributed by atoms with Crippen LogP contribution in [0.25, 0.3) is 0 Å². The lowest BCUT2D eigenvalue weighted by atomic mass is 10.1. The SMILES string of the molecule is CCCNc1ncnc(NC(C)CC(C)C)c1OC. The molecule has 0 bridgehead atoms. The Labute approximate surface area is 116 Å². The zero-order chi connectivity index (χ0) is 14.3. The van der Waals surface area contributed by atoms with E-state index in [1.54, 1.807) is 13.4 Å². The van der Waals surface area contributed by atoms with Crippen LogP contribution in [0.1, 0.15) is 40.5 Å². The van der Waals surface area contributed by atoms with Crippen LogP contribution in [0.3, 0.4) is 0 Å². The molecule has 1 aromatic rings. The van der Waals surface area contributed by atoms with Crippen molar-refractivity contribution >= 4 is 11.6 Å². The standard InChI is InChI=1S/C14H26N4O/c1-6-7-15-13-12(19-5)14(17-9-16-13)18-11(4)8-10(2)3/h9-11H,6-8H2,1-5H3,(H2,15,16,17,18). The number of nitrogens with zero attached hydrogens (tertiary/aromatic N) is 2. The lowest BCUT2D eigenvalue weighted by molar-refractivity contribution is 0.413. The first kappa shape index (κ1) is 15.5. The minimum absolute atomic E-state index is 0.350. The van der Waals surface area contributed by atoms with Gasteiger partial charge in [0.2, 0.25) is 5.75 Å². The maximum atomic E-state index is 5.43. The zero-order valence-corrected chi connectivity index (χ0v) is 12.7. The van der Waals surface area contributed by atoms with Gasteiger partial charge in [-0.25, -0.2) is 9.97 Å². The zero-order valence-electron chi connectivity index (χ0n) is 12.7. The molecule has 5 nitrogen and oxygen atoms in total. The molecule has 5 heteroatoms. The average molecular weight is 266 g/mol. The molecule has 0 aliphatic heterocycles. The monoisotopic (exact) mass is 266 g/mol. The van der Waals surface area contributed by atoms with Crippen LogP contribution in [0, 0.1) is 5.92 Å². The van der Waals surface area contributed by atoms with E-state index < -0.39 is 0 Å². The molecule has 0 spiro atoms. The summed E-state index contributed by atoms with van der Waals surface area (Å²) in [6.45, 7) is 9.56. The van der Waals surface area contributed by atoms with E-state index in [2.05, 4.69) is 48.3 Å². The fourth-order valence-electron chi connectivity index (χ4n) is 2.04. The highest BCUT2D eigenvalue weighted by molar-refractivity contribution is 5.63. The van der Waals surface area contributed by atoms with Crippen molar-refractivity contribution < 1.29 is 4.74 Å². The van der Waals surface area contributed by atoms with Crippen LogP contribution in [0.5, 0.6) is 5.75 Å². The number of methoxy groups -OCH3 is 1. The van der Waals surface area contributed by atoms with E-state index in [1.807, 2.05) is 0 Å². The normalized spacial score (nSPS) is 12.3. The lowest BCUT2D eigenvalue weighted by Gasteiger charge is -2.19. The third-order valence-corrected chi connectivity index (χ3v) is 2.76. The van der Waals surface area contributed by atoms with E-state index in [0.717, 1.165) is 31.0 Å². The number of ether oxygens (including phenoxy) is 1. The van der Waals surface area contributed by atoms with Crippen LogP contribution in [-0.4, -0.2) is 29.7 Å². The Morgan fingerprint density at radius 1 is 1.21 bits per heavy atom. The highest BCUT2D eigenvalue weighted by Crippen LogP contribution is 2.29. The van der Waals surface area contributed by atoms with Crippen molar-refractivity contribution in [2.75, 3.05) is 24.3 Å². The molecule has 0 aliphatic rings. The molecule has 0 radical (unpaired) electrons. The summed E-state index contributed by atoms with van der Waals surface area (Å²) in [5, 5.41) is 6.65. The number of aromatic nitrogens is 2. The Hall–Kier alpha value is -1.52. The van der Waals surface area contributed by atoms with Crippen LogP contribution in [0.4, 0.5) is 11.6 Å². The molecule has 1 rings (SSSR count). The van der Waals surface area contributed by atoms with Gasteiger partial charge in [-0.1, -0.05) is 20.8 Å². The van der Waals surface area contributed by atoms with Gasteiger partial charge in [-0.3, -0.25) is 0 Å². The molecule has 0 saturated carbocycles. The molecule has 0 aliphatic carbocycles. The number of rotatable bonds is 8. The Morgan fingerprint density at radius 3 is 2.47 bits per heavy atom. The maximum Gasteiger partial charge on any atom is 0.204 e. The van der Waals surface area contributed by atoms with Crippen LogP contribution in [-0.2, 0) is 0 Å². The predicted molar refractivity (Wildman–Crippen MR) is 79.9 cm³/mol. The fourth-order valence-corrected chi connectivity index (χ4v) is 2.04. The van der Waals surface area contributed by atoms with Gasteiger partial charge in [-0.05, 0) is 25.7 Å². The van der Waals surface area contributed by atoms with Crippen LogP contribution < -0.4 is 15.4 Å². The summed E-state index contributed by atoms with van der Waals surface area (Å²) in [6, 6.07) is 0.350. The van der Waals surface area contributed by atoms with Crippen molar-refractivity contribution in [2.24, 2.45) is 5.92 Å². The summed E-state index contributed by atoms with van der Waals surface area (Å²) in [5.41, 5.74) is 0. The number of hydrogen-bond acceptors (Lipinski definition) is 5. The van der Waals surface area contributed by atoms with Gasteiger partial charge in [0.25, 0.3) is 0 Å². The summed E-state index contributed by atoms with van der Waals surface area (Å²) >= 11 is 0. The van der Waals surface area contributed by atoms with E-state index in [4.69, 9.17) is 4.74 Å². The largest absolute Gasteiger partial charge is 0.490 e. The van der Waals surface area contributed by atoms with Crippen molar-refractivity contribution in [1.29, 1.82) is 0 Å². The van der Waals surface area contributed by atoms with Gasteiger partial charge in [0.05, 0.1) is 7.11 Å². The summed E-state index contributed by atoms with van der Waals surface area (Å²) in [4.78, 5) is 8.51. The van der Waals surface area contributed by atoms with Gasteiger partial charge in [0, 0.05) is 12.6 Å². The van der Waals surface area contributed by atoms with Gasteiger partial charge in [0.15, 0.2) is 11.6 Å². The second kappa shape index (κ2) is 7.81. The van der Waals surface area contributed by atoms with Crippen LogP contribution in [0.15, 0.2) is 6.33 Å². The molecule has 0 fully saturated rings. The highest BCUT2D eigenvalue weighted by Gasteiger charge is 2.14. The van der Waals surface area contributed by atoms with Gasteiger partial charge in [-0.15, -0.1) is 0 Å². The van der Waals surface area contributed by atoms with Gasteiger partial charge in [-0.2, -0.15) is 0 Å². The summed E-state index contributed by atoms with van der Waals surface area (Å²) in [6.07, 6.45) is 3.69. The molecule has 2 N–H and O–H groups in total. The van der Waals surface area contributed by atoms with Crippen molar-refractivity contribution in [2.45, 2.75) is 46.6 Å². The summed E-state index contributed by atoms with van der Waals surface area (Å²) < 4.78 is 5.43. The second-order valence-corrected chi connectivity index (χ2v) is 5.21. The molecule has 1 unspecified atom stereocenters. The Balaban J connectivity index is 2.81. The van der Waals surface area contributed by atoms with Crippen molar-refractivity contribution in [1.82, 2.24) is 9.97 Å². The molecule has 108 valence electrons. The smallest absolute Gasteiger partial charge is 0.204 e. The predicted octanol–water partition coefficient (Wildman–Crippen LogP) is 3.15. The molecular weight excluding hydrogens is 240 g/mol. The second-order valence-electron chi connectivity index (χ2n) is 5.21. The maximum absolute atomic E-state index is 5.43. The Morgan fingerprint density at radius 2 is 1.89 bits per heavy atom. The van der Waals surface area contributed by atoms with Gasteiger partial charge >= 0.3 is 0 Å². The fraction of sp³-hybridized carbons (Fsp3) is 0.714. The van der Waals surface area contributed by atoms with E-state index in [1.165, 1.54) is 0 Å². The molecular formula is C14H26N4O. The first-order valence-electron chi connectivity index (χ1n) is 6.97. The molecule has 1 heterocycles. The minimum Gasteiger partial charge on any atom is -0.490 e. The van der Waals surface area contributed by atoms with Crippen molar-refractivity contribution in [3.63, 3.8) is 0 Å². The Kier molecular flexibility index (Phi) is 6.39. The van der Waals surface area contributed by atoms with Crippen LogP contribution >= 0.6 is 0 Å². The summed E-state index contributed by atoms with van der Waals surface area (Å²) in [5.74, 6) is 2.84. The van der Waals surface area contributed by atoms with E-state index in [0.29, 0.717) is 17.7 Å². The first-order chi connectivity index (χ1) is 9.08. The molecule has 0 aromatic carbocycles. The average Bonchev–Trinajstić information content (AvgIpc) is 2.35. The quantitative estimate of drug-likeness (QED) is 0.757. The third kappa shape index (κ3) is 4.93. The van der Waals surface area contributed by atoms with E-state index >= 15 is 0 Å². The van der Waals surface area contributed by atoms with E-state index in [-0.39, 0.29) is 0 Å². The third-order valence-electron chi connectivity index (χ3n) is 2.76. The summed E-state index contributed by atoms with van der Waals surface area (Å²) in [7, 11) is 1.65. The number of hydrogen-bond donors (Lipinski definition) is 2. The first-order valence-corrected chi connectivity index (χ1v) is 6.97. The Bertz CT molecular complexity index is 382. The molecule has 1 atom stereocenters. The minimum atomic E-state index is 0.350. The van der Waals surface area contributed by atoms with Gasteiger partial charge < -0.3 is 15.4 Å². The number of anilines is 2. The molecule has 0 saturated heterocycles. The van der Waals surface area contributed by atoms with Gasteiger partial charge in [0.1, 0.15) is 6.33 Å². The topological polar surface area (TPSA) is 59.1 Å². The highest BCUT2D eigenvalue weighted by atomic mass is 16.5. The number of nitrogens with one attached hydrogen (secondary N) is 2. The van der Waals surface area contributed by atoms with E-state index in [9.17, 15) is 0 Å².